The lowest BCUT2D eigenvalue weighted by molar-refractivity contribution is 0.266. The molecule has 0 aliphatic carbocycles. The number of aliphatic imine (C=N–C) groups is 1. The fourth-order valence-electron chi connectivity index (χ4n) is 2.83. The maximum absolute atomic E-state index is 5.28. The van der Waals surface area contributed by atoms with E-state index in [1.165, 1.54) is 12.8 Å². The molecule has 1 atom stereocenters. The average Bonchev–Trinajstić information content (AvgIpc) is 2.99. The number of rotatable bonds is 6. The van der Waals surface area contributed by atoms with Crippen molar-refractivity contribution in [1.82, 2.24) is 20.4 Å². The van der Waals surface area contributed by atoms with Crippen LogP contribution in [0.1, 0.15) is 64.6 Å². The Labute approximate surface area is 162 Å². The minimum atomic E-state index is 0. The largest absolute Gasteiger partial charge is 0.357 e. The van der Waals surface area contributed by atoms with Crippen molar-refractivity contribution in [3.05, 3.63) is 11.7 Å². The van der Waals surface area contributed by atoms with Gasteiger partial charge in [0, 0.05) is 38.5 Å². The van der Waals surface area contributed by atoms with E-state index in [0.29, 0.717) is 5.92 Å². The van der Waals surface area contributed by atoms with Crippen molar-refractivity contribution in [2.75, 3.05) is 26.2 Å². The zero-order chi connectivity index (χ0) is 16.7. The fourth-order valence-corrected chi connectivity index (χ4v) is 2.83. The molecule has 1 aliphatic rings. The van der Waals surface area contributed by atoms with E-state index >= 15 is 0 Å². The molecule has 1 unspecified atom stereocenters. The highest BCUT2D eigenvalue weighted by Crippen LogP contribution is 2.15. The van der Waals surface area contributed by atoms with Crippen LogP contribution in [0.25, 0.3) is 0 Å². The van der Waals surface area contributed by atoms with Crippen LogP contribution in [-0.2, 0) is 6.42 Å². The van der Waals surface area contributed by atoms with Crippen molar-refractivity contribution in [1.29, 1.82) is 0 Å². The molecule has 138 valence electrons. The Morgan fingerprint density at radius 1 is 1.46 bits per heavy atom. The molecule has 1 saturated heterocycles. The van der Waals surface area contributed by atoms with Crippen molar-refractivity contribution in [3.8, 4) is 0 Å². The van der Waals surface area contributed by atoms with E-state index in [1.54, 1.807) is 0 Å². The van der Waals surface area contributed by atoms with Gasteiger partial charge < -0.3 is 14.7 Å². The molecular formula is C17H32IN5O. The van der Waals surface area contributed by atoms with Crippen molar-refractivity contribution in [2.24, 2.45) is 10.9 Å². The Hall–Kier alpha value is -0.860. The summed E-state index contributed by atoms with van der Waals surface area (Å²) in [7, 11) is 0. The first kappa shape index (κ1) is 21.2. The number of guanidine groups is 1. The quantitative estimate of drug-likeness (QED) is 0.312. The number of likely N-dealkylation sites (tertiary alicyclic amines) is 1. The third kappa shape index (κ3) is 6.57. The summed E-state index contributed by atoms with van der Waals surface area (Å²) in [6.45, 7) is 12.5. The van der Waals surface area contributed by atoms with Gasteiger partial charge in [0.25, 0.3) is 0 Å². The summed E-state index contributed by atoms with van der Waals surface area (Å²) in [5.41, 5.74) is 0. The van der Waals surface area contributed by atoms with Gasteiger partial charge in [-0.2, -0.15) is 4.98 Å². The van der Waals surface area contributed by atoms with Gasteiger partial charge in [-0.1, -0.05) is 25.9 Å². The summed E-state index contributed by atoms with van der Waals surface area (Å²) in [6, 6.07) is 0. The molecule has 1 aliphatic heterocycles. The monoisotopic (exact) mass is 449 g/mol. The van der Waals surface area contributed by atoms with Gasteiger partial charge >= 0.3 is 0 Å². The molecule has 2 rings (SSSR count). The van der Waals surface area contributed by atoms with Crippen LogP contribution >= 0.6 is 24.0 Å². The van der Waals surface area contributed by atoms with Gasteiger partial charge in [-0.3, -0.25) is 4.99 Å². The smallest absolute Gasteiger partial charge is 0.226 e. The van der Waals surface area contributed by atoms with E-state index in [2.05, 4.69) is 48.1 Å². The number of aromatic nitrogens is 2. The number of piperidine rings is 1. The van der Waals surface area contributed by atoms with E-state index in [0.717, 1.165) is 62.6 Å². The molecule has 0 saturated carbocycles. The fraction of sp³-hybridized carbons (Fsp3) is 0.824. The summed E-state index contributed by atoms with van der Waals surface area (Å²) in [5, 5.41) is 7.41. The first-order chi connectivity index (χ1) is 11.1. The Morgan fingerprint density at radius 3 is 2.88 bits per heavy atom. The third-order valence-corrected chi connectivity index (χ3v) is 4.10. The SMILES string of the molecule is CCNC(=NCCCc1nc(C(C)C)no1)N1CCCC(C)C1.I. The van der Waals surface area contributed by atoms with E-state index in [-0.39, 0.29) is 24.0 Å². The highest BCUT2D eigenvalue weighted by Gasteiger charge is 2.19. The average molecular weight is 449 g/mol. The molecule has 0 aromatic carbocycles. The second kappa shape index (κ2) is 10.9. The molecule has 1 aromatic heterocycles. The molecule has 1 fully saturated rings. The number of aryl methyl sites for hydroxylation is 1. The van der Waals surface area contributed by atoms with E-state index in [4.69, 9.17) is 9.52 Å². The molecule has 24 heavy (non-hydrogen) atoms. The van der Waals surface area contributed by atoms with Crippen molar-refractivity contribution in [2.45, 2.75) is 59.3 Å². The van der Waals surface area contributed by atoms with Crippen molar-refractivity contribution < 1.29 is 4.52 Å². The molecular weight excluding hydrogens is 417 g/mol. The lowest BCUT2D eigenvalue weighted by atomic mass is 10.0. The normalized spacial score (nSPS) is 18.6. The predicted octanol–water partition coefficient (Wildman–Crippen LogP) is 3.44. The molecule has 6 nitrogen and oxygen atoms in total. The maximum atomic E-state index is 5.28. The molecule has 0 bridgehead atoms. The van der Waals surface area contributed by atoms with E-state index < -0.39 is 0 Å². The summed E-state index contributed by atoms with van der Waals surface area (Å²) >= 11 is 0. The molecule has 0 amide bonds. The second-order valence-electron chi connectivity index (χ2n) is 6.73. The summed E-state index contributed by atoms with van der Waals surface area (Å²) in [5.74, 6) is 3.62. The van der Waals surface area contributed by atoms with Gasteiger partial charge in [0.05, 0.1) is 0 Å². The van der Waals surface area contributed by atoms with E-state index in [1.807, 2.05) is 0 Å². The Kier molecular flexibility index (Phi) is 9.61. The van der Waals surface area contributed by atoms with Gasteiger partial charge in [0.1, 0.15) is 0 Å². The zero-order valence-corrected chi connectivity index (χ0v) is 17.7. The van der Waals surface area contributed by atoms with Gasteiger partial charge in [-0.15, -0.1) is 24.0 Å². The van der Waals surface area contributed by atoms with Gasteiger partial charge in [0.2, 0.25) is 5.89 Å². The van der Waals surface area contributed by atoms with Crippen molar-refractivity contribution in [3.63, 3.8) is 0 Å². The summed E-state index contributed by atoms with van der Waals surface area (Å²) in [6.07, 6.45) is 4.30. The van der Waals surface area contributed by atoms with Crippen LogP contribution in [-0.4, -0.2) is 47.2 Å². The van der Waals surface area contributed by atoms with Gasteiger partial charge in [-0.05, 0) is 32.1 Å². The number of halogens is 1. The number of hydrogen-bond donors (Lipinski definition) is 1. The highest BCUT2D eigenvalue weighted by molar-refractivity contribution is 14.0. The van der Waals surface area contributed by atoms with Crippen LogP contribution in [0.15, 0.2) is 9.52 Å². The zero-order valence-electron chi connectivity index (χ0n) is 15.4. The predicted molar refractivity (Wildman–Crippen MR) is 108 cm³/mol. The van der Waals surface area contributed by atoms with Crippen LogP contribution in [0.2, 0.25) is 0 Å². The van der Waals surface area contributed by atoms with Crippen LogP contribution < -0.4 is 5.32 Å². The molecule has 0 radical (unpaired) electrons. The number of nitrogens with one attached hydrogen (secondary N) is 1. The lowest BCUT2D eigenvalue weighted by Gasteiger charge is -2.33. The Balaban J connectivity index is 0.00000288. The van der Waals surface area contributed by atoms with Gasteiger partial charge in [-0.25, -0.2) is 0 Å². The van der Waals surface area contributed by atoms with Crippen LogP contribution in [0.3, 0.4) is 0 Å². The molecule has 0 spiro atoms. The first-order valence-electron chi connectivity index (χ1n) is 8.95. The van der Waals surface area contributed by atoms with Crippen LogP contribution in [0.5, 0.6) is 0 Å². The third-order valence-electron chi connectivity index (χ3n) is 4.10. The highest BCUT2D eigenvalue weighted by atomic mass is 127. The minimum Gasteiger partial charge on any atom is -0.357 e. The van der Waals surface area contributed by atoms with Gasteiger partial charge in [0.15, 0.2) is 11.8 Å². The number of nitrogens with zero attached hydrogens (tertiary/aromatic N) is 4. The van der Waals surface area contributed by atoms with Crippen LogP contribution in [0.4, 0.5) is 0 Å². The maximum Gasteiger partial charge on any atom is 0.226 e. The van der Waals surface area contributed by atoms with E-state index in [9.17, 15) is 0 Å². The molecule has 2 heterocycles. The molecule has 7 heteroatoms. The Bertz CT molecular complexity index is 503. The first-order valence-corrected chi connectivity index (χ1v) is 8.95. The van der Waals surface area contributed by atoms with Crippen LogP contribution in [0, 0.1) is 5.92 Å². The minimum absolute atomic E-state index is 0. The summed E-state index contributed by atoms with van der Waals surface area (Å²) < 4.78 is 5.28. The van der Waals surface area contributed by atoms with Crippen molar-refractivity contribution >= 4 is 29.9 Å². The number of hydrogen-bond acceptors (Lipinski definition) is 4. The second-order valence-corrected chi connectivity index (χ2v) is 6.73. The molecule has 1 aromatic rings. The Morgan fingerprint density at radius 2 is 2.25 bits per heavy atom. The molecule has 1 N–H and O–H groups in total. The topological polar surface area (TPSA) is 66.5 Å². The summed E-state index contributed by atoms with van der Waals surface area (Å²) in [4.78, 5) is 11.6. The lowest BCUT2D eigenvalue weighted by Crippen LogP contribution is -2.46. The standard InChI is InChI=1S/C17H31N5O.HI/c1-5-18-17(22-11-7-8-14(4)12-22)19-10-6-9-15-20-16(13(2)3)21-23-15;/h13-14H,5-12H2,1-4H3,(H,18,19);1H.